The maximum absolute atomic E-state index is 2.56. The fourth-order valence-electron chi connectivity index (χ4n) is 8.47. The summed E-state index contributed by atoms with van der Waals surface area (Å²) in [6.07, 6.45) is 2.22. The van der Waals surface area contributed by atoms with Gasteiger partial charge in [-0.1, -0.05) is 129 Å². The largest absolute Gasteiger partial charge is 4.00 e. The van der Waals surface area contributed by atoms with E-state index in [9.17, 15) is 0 Å². The standard InChI is InChI=1S/C49H58.2CH3.Hf/c1-31(2)29-49(30-32(3)4,39-25-35-15-13-17-43(45(35)27-39)41-21-19-37(23-33(41)5)47(7,8)9)40-26-36-16-14-18-44(46(36)28-40)42-22-20-38(24-34(42)6)48(10,11)12;;;/h13-28,31-32H,29-30H2,1-12H3;2*1H3;/q-2;2*-1;+4. The van der Waals surface area contributed by atoms with Crippen LogP contribution in [0.4, 0.5) is 0 Å². The van der Waals surface area contributed by atoms with Gasteiger partial charge in [-0.15, -0.1) is 69.1 Å². The molecular formula is C51H64Hf. The monoisotopic (exact) mass is 856 g/mol. The SMILES string of the molecule is Cc1cc(C(C)(C)C)ccc1-c1cccc2[cH-]c(C(CC(C)C)(CC(C)C)c3cc4c(-c5ccc(C(C)(C)C)cc5C)cccc4[cH-]3)cc12.[CH3-].[CH3-].[Hf+4]. The van der Waals surface area contributed by atoms with Crippen LogP contribution < -0.4 is 0 Å². The predicted molar refractivity (Wildman–Crippen MR) is 229 cm³/mol. The van der Waals surface area contributed by atoms with E-state index in [-0.39, 0.29) is 56.9 Å². The van der Waals surface area contributed by atoms with Gasteiger partial charge in [0.2, 0.25) is 0 Å². The molecule has 6 rings (SSSR count). The Morgan fingerprint density at radius 2 is 0.865 bits per heavy atom. The first-order chi connectivity index (χ1) is 23.0. The van der Waals surface area contributed by atoms with Crippen molar-refractivity contribution in [1.29, 1.82) is 0 Å². The van der Waals surface area contributed by atoms with Crippen molar-refractivity contribution in [1.82, 2.24) is 0 Å². The van der Waals surface area contributed by atoms with Gasteiger partial charge in [-0.3, -0.25) is 0 Å². The molecule has 0 unspecified atom stereocenters. The molecular weight excluding hydrogens is 791 g/mol. The third-order valence-electron chi connectivity index (χ3n) is 10.9. The van der Waals surface area contributed by atoms with Crippen LogP contribution in [0, 0.1) is 40.5 Å². The number of fused-ring (bicyclic) bond motifs is 2. The van der Waals surface area contributed by atoms with Gasteiger partial charge < -0.3 is 14.9 Å². The van der Waals surface area contributed by atoms with Crippen molar-refractivity contribution in [2.24, 2.45) is 11.8 Å². The van der Waals surface area contributed by atoms with E-state index in [1.165, 1.54) is 77.2 Å². The molecule has 52 heavy (non-hydrogen) atoms. The Morgan fingerprint density at radius 1 is 0.500 bits per heavy atom. The molecule has 0 fully saturated rings. The number of rotatable bonds is 8. The van der Waals surface area contributed by atoms with Crippen molar-refractivity contribution in [2.75, 3.05) is 0 Å². The molecule has 1 heteroatoms. The van der Waals surface area contributed by atoms with Crippen LogP contribution in [0.15, 0.2) is 97.1 Å². The van der Waals surface area contributed by atoms with Crippen molar-refractivity contribution in [2.45, 2.75) is 112 Å². The van der Waals surface area contributed by atoms with Gasteiger partial charge in [0.1, 0.15) is 0 Å². The van der Waals surface area contributed by atoms with Crippen LogP contribution in [-0.4, -0.2) is 0 Å². The van der Waals surface area contributed by atoms with E-state index < -0.39 is 0 Å². The minimum atomic E-state index is -0.0921. The summed E-state index contributed by atoms with van der Waals surface area (Å²) < 4.78 is 0. The summed E-state index contributed by atoms with van der Waals surface area (Å²) in [4.78, 5) is 0. The minimum absolute atomic E-state index is 0. The van der Waals surface area contributed by atoms with Crippen LogP contribution in [0.5, 0.6) is 0 Å². The fraction of sp³-hybridized carbons (Fsp3) is 0.373. The molecule has 0 saturated heterocycles. The van der Waals surface area contributed by atoms with E-state index in [1.54, 1.807) is 0 Å². The Balaban J connectivity index is 0.00000243. The Labute approximate surface area is 337 Å². The second kappa shape index (κ2) is 16.1. The summed E-state index contributed by atoms with van der Waals surface area (Å²) >= 11 is 0. The van der Waals surface area contributed by atoms with Gasteiger partial charge in [-0.05, 0) is 88.2 Å². The third-order valence-corrected chi connectivity index (χ3v) is 10.9. The van der Waals surface area contributed by atoms with Crippen LogP contribution in [-0.2, 0) is 42.1 Å². The van der Waals surface area contributed by atoms with Crippen molar-refractivity contribution >= 4 is 21.5 Å². The molecule has 0 aromatic heterocycles. The van der Waals surface area contributed by atoms with Gasteiger partial charge in [-0.25, -0.2) is 0 Å². The number of hydrogen-bond acceptors (Lipinski definition) is 0. The van der Waals surface area contributed by atoms with Gasteiger partial charge in [0.15, 0.2) is 0 Å². The Morgan fingerprint density at radius 3 is 1.17 bits per heavy atom. The van der Waals surface area contributed by atoms with E-state index >= 15 is 0 Å². The number of hydrogen-bond donors (Lipinski definition) is 0. The van der Waals surface area contributed by atoms with Crippen molar-refractivity contribution in [3.05, 3.63) is 145 Å². The second-order valence-corrected chi connectivity index (χ2v) is 17.9. The molecule has 0 spiro atoms. The average Bonchev–Trinajstić information content (AvgIpc) is 3.65. The molecule has 0 N–H and O–H groups in total. The summed E-state index contributed by atoms with van der Waals surface area (Å²) in [6, 6.07) is 38.1. The van der Waals surface area contributed by atoms with Crippen molar-refractivity contribution < 1.29 is 25.8 Å². The van der Waals surface area contributed by atoms with Crippen molar-refractivity contribution in [3.63, 3.8) is 0 Å². The van der Waals surface area contributed by atoms with Gasteiger partial charge in [-0.2, -0.15) is 12.1 Å². The Kier molecular flexibility index (Phi) is 13.5. The fourth-order valence-corrected chi connectivity index (χ4v) is 8.47. The molecule has 6 aromatic rings. The Hall–Kier alpha value is -3.03. The topological polar surface area (TPSA) is 0 Å². The summed E-state index contributed by atoms with van der Waals surface area (Å²) in [5, 5.41) is 5.42. The molecule has 0 nitrogen and oxygen atoms in total. The maximum Gasteiger partial charge on any atom is 4.00 e. The predicted octanol–water partition coefficient (Wildman–Crippen LogP) is 15.3. The van der Waals surface area contributed by atoms with Gasteiger partial charge in [0.05, 0.1) is 0 Å². The molecule has 0 aliphatic rings. The van der Waals surface area contributed by atoms with Crippen LogP contribution in [0.25, 0.3) is 43.8 Å². The van der Waals surface area contributed by atoms with Gasteiger partial charge in [0, 0.05) is 0 Å². The molecule has 6 aromatic carbocycles. The maximum atomic E-state index is 2.56. The van der Waals surface area contributed by atoms with E-state index in [2.05, 4.69) is 180 Å². The zero-order chi connectivity index (χ0) is 35.5. The number of aryl methyl sites for hydroxylation is 2. The smallest absolute Gasteiger partial charge is 0.358 e. The van der Waals surface area contributed by atoms with Gasteiger partial charge in [0.25, 0.3) is 0 Å². The molecule has 0 saturated carbocycles. The van der Waals surface area contributed by atoms with E-state index in [0.717, 1.165) is 12.8 Å². The molecule has 0 heterocycles. The normalized spacial score (nSPS) is 12.3. The van der Waals surface area contributed by atoms with Crippen molar-refractivity contribution in [3.8, 4) is 22.3 Å². The zero-order valence-electron chi connectivity index (χ0n) is 34.8. The van der Waals surface area contributed by atoms with E-state index in [4.69, 9.17) is 0 Å². The van der Waals surface area contributed by atoms with Crippen LogP contribution in [0.1, 0.15) is 115 Å². The first-order valence-corrected chi connectivity index (χ1v) is 18.6. The molecule has 0 amide bonds. The molecule has 0 atom stereocenters. The summed E-state index contributed by atoms with van der Waals surface area (Å²) in [7, 11) is 0. The molecule has 0 radical (unpaired) electrons. The van der Waals surface area contributed by atoms with E-state index in [0.29, 0.717) is 11.8 Å². The zero-order valence-corrected chi connectivity index (χ0v) is 38.4. The molecule has 0 bridgehead atoms. The molecule has 0 aliphatic carbocycles. The summed E-state index contributed by atoms with van der Waals surface area (Å²) in [6.45, 7) is 28.0. The van der Waals surface area contributed by atoms with E-state index in [1.807, 2.05) is 0 Å². The molecule has 0 aliphatic heterocycles. The average molecular weight is 856 g/mol. The summed E-state index contributed by atoms with van der Waals surface area (Å²) in [5.41, 5.74) is 13.9. The van der Waals surface area contributed by atoms with Crippen LogP contribution in [0.3, 0.4) is 0 Å². The van der Waals surface area contributed by atoms with Crippen LogP contribution >= 0.6 is 0 Å². The molecule has 272 valence electrons. The first kappa shape index (κ1) is 43.4. The first-order valence-electron chi connectivity index (χ1n) is 18.6. The van der Waals surface area contributed by atoms with Gasteiger partial charge >= 0.3 is 25.8 Å². The third kappa shape index (κ3) is 8.36. The number of benzene rings is 4. The Bertz CT molecular complexity index is 1960. The quantitative estimate of drug-likeness (QED) is 0.106. The summed E-state index contributed by atoms with van der Waals surface area (Å²) in [5.74, 6) is 1.10. The second-order valence-electron chi connectivity index (χ2n) is 17.9. The minimum Gasteiger partial charge on any atom is -0.358 e. The van der Waals surface area contributed by atoms with Crippen LogP contribution in [0.2, 0.25) is 0 Å².